The molecule has 0 saturated carbocycles. The van der Waals surface area contributed by atoms with E-state index in [-0.39, 0.29) is 23.9 Å². The molecule has 7 nitrogen and oxygen atoms in total. The summed E-state index contributed by atoms with van der Waals surface area (Å²) >= 11 is 0. The molecule has 0 radical (unpaired) electrons. The molecule has 0 atom stereocenters. The number of hydrogen-bond donors (Lipinski definition) is 1. The maximum Gasteiger partial charge on any atom is 0.311 e. The first kappa shape index (κ1) is 15.4. The van der Waals surface area contributed by atoms with Crippen molar-refractivity contribution in [2.24, 2.45) is 0 Å². The van der Waals surface area contributed by atoms with Crippen molar-refractivity contribution < 1.29 is 14.5 Å². The van der Waals surface area contributed by atoms with Crippen LogP contribution in [0.15, 0.2) is 42.6 Å². The lowest BCUT2D eigenvalue weighted by molar-refractivity contribution is -0.384. The third kappa shape index (κ3) is 4.02. The van der Waals surface area contributed by atoms with Gasteiger partial charge in [0.2, 0.25) is 5.82 Å². The molecule has 22 heavy (non-hydrogen) atoms. The van der Waals surface area contributed by atoms with E-state index in [0.29, 0.717) is 12.3 Å². The summed E-state index contributed by atoms with van der Waals surface area (Å²) < 4.78 is 4.87. The fourth-order valence-electron chi connectivity index (χ4n) is 1.86. The summed E-state index contributed by atoms with van der Waals surface area (Å²) in [5.41, 5.74) is 1.35. The molecule has 0 aliphatic heterocycles. The summed E-state index contributed by atoms with van der Waals surface area (Å²) in [5, 5.41) is 13.8. The van der Waals surface area contributed by atoms with Crippen LogP contribution < -0.4 is 5.32 Å². The normalized spacial score (nSPS) is 10.0. The molecule has 0 amide bonds. The number of nitrogens with one attached hydrogen (secondary N) is 1. The molecule has 0 aliphatic rings. The van der Waals surface area contributed by atoms with Gasteiger partial charge in [-0.2, -0.15) is 0 Å². The quantitative estimate of drug-likeness (QED) is 0.501. The molecule has 7 heteroatoms. The molecule has 2 rings (SSSR count). The number of carbonyl (C=O) groups excluding carboxylic acids is 1. The van der Waals surface area contributed by atoms with Gasteiger partial charge in [-0.1, -0.05) is 12.1 Å². The fourth-order valence-corrected chi connectivity index (χ4v) is 1.86. The van der Waals surface area contributed by atoms with Crippen LogP contribution in [0.5, 0.6) is 0 Å². The lowest BCUT2D eigenvalue weighted by Gasteiger charge is -2.07. The van der Waals surface area contributed by atoms with Crippen LogP contribution >= 0.6 is 0 Å². The SMILES string of the molecule is CCOC(=O)Cc1ccc(Nc2ncccc2[N+](=O)[O-])cc1. The largest absolute Gasteiger partial charge is 0.466 e. The molecule has 0 spiro atoms. The molecule has 0 saturated heterocycles. The van der Waals surface area contributed by atoms with E-state index in [4.69, 9.17) is 4.74 Å². The van der Waals surface area contributed by atoms with Crippen LogP contribution in [-0.4, -0.2) is 22.5 Å². The minimum atomic E-state index is -0.496. The van der Waals surface area contributed by atoms with Gasteiger partial charge in [0.05, 0.1) is 18.0 Å². The lowest BCUT2D eigenvalue weighted by Crippen LogP contribution is -2.07. The Kier molecular flexibility index (Phi) is 5.02. The number of nitrogens with zero attached hydrogens (tertiary/aromatic N) is 2. The Morgan fingerprint density at radius 2 is 2.05 bits per heavy atom. The smallest absolute Gasteiger partial charge is 0.311 e. The summed E-state index contributed by atoms with van der Waals surface area (Å²) in [6.07, 6.45) is 1.67. The minimum absolute atomic E-state index is 0.0990. The van der Waals surface area contributed by atoms with Crippen molar-refractivity contribution in [2.75, 3.05) is 11.9 Å². The first-order valence-electron chi connectivity index (χ1n) is 6.71. The van der Waals surface area contributed by atoms with Gasteiger partial charge in [0.1, 0.15) is 0 Å². The van der Waals surface area contributed by atoms with E-state index in [2.05, 4.69) is 10.3 Å². The lowest BCUT2D eigenvalue weighted by atomic mass is 10.1. The van der Waals surface area contributed by atoms with Gasteiger partial charge in [-0.25, -0.2) is 4.98 Å². The van der Waals surface area contributed by atoms with E-state index in [1.54, 1.807) is 31.2 Å². The number of anilines is 2. The molecule has 0 bridgehead atoms. The van der Waals surface area contributed by atoms with E-state index < -0.39 is 4.92 Å². The summed E-state index contributed by atoms with van der Waals surface area (Å²) in [7, 11) is 0. The first-order valence-corrected chi connectivity index (χ1v) is 6.71. The molecule has 114 valence electrons. The third-order valence-corrected chi connectivity index (χ3v) is 2.85. The summed E-state index contributed by atoms with van der Waals surface area (Å²) in [6, 6.07) is 9.86. The number of esters is 1. The molecule has 1 heterocycles. The number of pyridine rings is 1. The zero-order valence-corrected chi connectivity index (χ0v) is 12.0. The molecule has 0 fully saturated rings. The van der Waals surface area contributed by atoms with Crippen LogP contribution in [0.1, 0.15) is 12.5 Å². The topological polar surface area (TPSA) is 94.4 Å². The maximum absolute atomic E-state index is 11.4. The molecule has 0 unspecified atom stereocenters. The zero-order valence-electron chi connectivity index (χ0n) is 12.0. The average molecular weight is 301 g/mol. The third-order valence-electron chi connectivity index (χ3n) is 2.85. The van der Waals surface area contributed by atoms with Gasteiger partial charge in [-0.05, 0) is 30.7 Å². The van der Waals surface area contributed by atoms with Crippen LogP contribution in [0, 0.1) is 10.1 Å². The fraction of sp³-hybridized carbons (Fsp3) is 0.200. The zero-order chi connectivity index (χ0) is 15.9. The second kappa shape index (κ2) is 7.16. The molecular formula is C15H15N3O4. The van der Waals surface area contributed by atoms with Crippen molar-refractivity contribution in [1.82, 2.24) is 4.98 Å². The van der Waals surface area contributed by atoms with Crippen LogP contribution in [0.4, 0.5) is 17.2 Å². The van der Waals surface area contributed by atoms with E-state index >= 15 is 0 Å². The molecule has 1 aromatic carbocycles. The second-order valence-corrected chi connectivity index (χ2v) is 4.43. The van der Waals surface area contributed by atoms with E-state index in [9.17, 15) is 14.9 Å². The van der Waals surface area contributed by atoms with Crippen molar-refractivity contribution in [2.45, 2.75) is 13.3 Å². The molecular weight excluding hydrogens is 286 g/mol. The number of nitro groups is 1. The Balaban J connectivity index is 2.09. The highest BCUT2D eigenvalue weighted by atomic mass is 16.6. The predicted molar refractivity (Wildman–Crippen MR) is 81.0 cm³/mol. The van der Waals surface area contributed by atoms with E-state index in [1.165, 1.54) is 18.3 Å². The Labute approximate surface area is 127 Å². The van der Waals surface area contributed by atoms with Crippen molar-refractivity contribution in [1.29, 1.82) is 0 Å². The summed E-state index contributed by atoms with van der Waals surface area (Å²) in [5.74, 6) is -0.116. The number of hydrogen-bond acceptors (Lipinski definition) is 6. The van der Waals surface area contributed by atoms with Gasteiger partial charge in [-0.3, -0.25) is 14.9 Å². The minimum Gasteiger partial charge on any atom is -0.466 e. The van der Waals surface area contributed by atoms with Gasteiger partial charge < -0.3 is 10.1 Å². The molecule has 1 N–H and O–H groups in total. The van der Waals surface area contributed by atoms with Crippen LogP contribution in [0.3, 0.4) is 0 Å². The summed E-state index contributed by atoms with van der Waals surface area (Å²) in [4.78, 5) is 25.8. The van der Waals surface area contributed by atoms with E-state index in [1.807, 2.05) is 0 Å². The average Bonchev–Trinajstić information content (AvgIpc) is 2.50. The number of ether oxygens (including phenoxy) is 1. The van der Waals surface area contributed by atoms with Crippen molar-refractivity contribution in [3.05, 3.63) is 58.3 Å². The van der Waals surface area contributed by atoms with Gasteiger partial charge in [0, 0.05) is 18.0 Å². The Morgan fingerprint density at radius 3 is 2.68 bits per heavy atom. The number of benzene rings is 1. The number of aromatic nitrogens is 1. The second-order valence-electron chi connectivity index (χ2n) is 4.43. The first-order chi connectivity index (χ1) is 10.6. The highest BCUT2D eigenvalue weighted by Crippen LogP contribution is 2.24. The predicted octanol–water partition coefficient (Wildman–Crippen LogP) is 2.84. The van der Waals surface area contributed by atoms with Crippen molar-refractivity contribution in [3.63, 3.8) is 0 Å². The standard InChI is InChI=1S/C15H15N3O4/c1-2-22-14(19)10-11-5-7-12(8-6-11)17-15-13(18(20)21)4-3-9-16-15/h3-9H,2,10H2,1H3,(H,16,17). The Morgan fingerprint density at radius 1 is 1.32 bits per heavy atom. The van der Waals surface area contributed by atoms with Gasteiger partial charge >= 0.3 is 11.7 Å². The number of carbonyl (C=O) groups is 1. The monoisotopic (exact) mass is 301 g/mol. The Hall–Kier alpha value is -2.96. The van der Waals surface area contributed by atoms with Crippen molar-refractivity contribution in [3.8, 4) is 0 Å². The van der Waals surface area contributed by atoms with E-state index in [0.717, 1.165) is 5.56 Å². The molecule has 0 aliphatic carbocycles. The maximum atomic E-state index is 11.4. The summed E-state index contributed by atoms with van der Waals surface area (Å²) in [6.45, 7) is 2.10. The van der Waals surface area contributed by atoms with Gasteiger partial charge in [0.15, 0.2) is 0 Å². The van der Waals surface area contributed by atoms with Crippen LogP contribution in [0.2, 0.25) is 0 Å². The van der Waals surface area contributed by atoms with Crippen molar-refractivity contribution >= 4 is 23.2 Å². The molecule has 2 aromatic rings. The highest BCUT2D eigenvalue weighted by Gasteiger charge is 2.14. The Bertz CT molecular complexity index is 671. The van der Waals surface area contributed by atoms with Crippen LogP contribution in [-0.2, 0) is 16.0 Å². The van der Waals surface area contributed by atoms with Gasteiger partial charge in [0.25, 0.3) is 0 Å². The van der Waals surface area contributed by atoms with Gasteiger partial charge in [-0.15, -0.1) is 0 Å². The highest BCUT2D eigenvalue weighted by molar-refractivity contribution is 5.73. The van der Waals surface area contributed by atoms with Crippen LogP contribution in [0.25, 0.3) is 0 Å². The number of rotatable bonds is 6. The molecule has 1 aromatic heterocycles.